The summed E-state index contributed by atoms with van der Waals surface area (Å²) in [6.07, 6.45) is -81.7. The second-order valence-corrected chi connectivity index (χ2v) is 26.3. The zero-order valence-corrected chi connectivity index (χ0v) is 54.9. The second kappa shape index (κ2) is 35.6. The van der Waals surface area contributed by atoms with Gasteiger partial charge in [0.25, 0.3) is 0 Å². The van der Waals surface area contributed by atoms with Gasteiger partial charge in [-0.3, -0.25) is 18.9 Å². The van der Waals surface area contributed by atoms with Crippen LogP contribution in [-0.2, 0) is 105 Å². The normalized spacial score (nSPS) is 48.2. The molecule has 47 nitrogen and oxygen atoms in total. The van der Waals surface area contributed by atoms with Crippen molar-refractivity contribution in [3.8, 4) is 0 Å². The Morgan fingerprint density at radius 2 is 0.755 bits per heavy atom. The summed E-state index contributed by atoms with van der Waals surface area (Å²) in [5.41, 5.74) is 0. The van der Waals surface area contributed by atoms with Gasteiger partial charge in [-0.2, -0.15) is 8.42 Å². The molecule has 3 amide bonds. The van der Waals surface area contributed by atoms with Crippen LogP contribution in [0.1, 0.15) is 27.7 Å². The van der Waals surface area contributed by atoms with Gasteiger partial charge in [0.2, 0.25) is 17.7 Å². The highest BCUT2D eigenvalue weighted by Crippen LogP contribution is 2.41. The quantitative estimate of drug-likeness (QED) is 0.0358. The molecule has 8 heterocycles. The van der Waals surface area contributed by atoms with E-state index < -0.39 is 319 Å². The average molecular weight is 1520 g/mol. The fourth-order valence-corrected chi connectivity index (χ4v) is 12.9. The van der Waals surface area contributed by atoms with Crippen molar-refractivity contribution in [1.29, 1.82) is 0 Å². The van der Waals surface area contributed by atoms with Gasteiger partial charge in [-0.05, 0) is 6.92 Å². The Kier molecular flexibility index (Phi) is 29.3. The van der Waals surface area contributed by atoms with E-state index in [4.69, 9.17) is 71.1 Å². The number of carboxylic acids is 1. The molecule has 0 aromatic rings. The van der Waals surface area contributed by atoms with Crippen LogP contribution >= 0.6 is 0 Å². The number of aliphatic hydroxyl groups excluding tert-OH is 20. The van der Waals surface area contributed by atoms with Crippen molar-refractivity contribution >= 4 is 34.1 Å². The van der Waals surface area contributed by atoms with Crippen molar-refractivity contribution in [3.05, 3.63) is 0 Å². The number of hydrogen-bond donors (Lipinski definition) is 25. The molecule has 0 spiro atoms. The summed E-state index contributed by atoms with van der Waals surface area (Å²) in [7, 11) is -5.23. The first-order chi connectivity index (χ1) is 47.9. The van der Waals surface area contributed by atoms with E-state index in [1.807, 2.05) is 0 Å². The van der Waals surface area contributed by atoms with Crippen LogP contribution in [0.5, 0.6) is 0 Å². The first kappa shape index (κ1) is 84.0. The molecule has 25 N–H and O–H groups in total. The molecular formula is C54H89N3O44S. The second-order valence-electron chi connectivity index (χ2n) is 25.2. The summed E-state index contributed by atoms with van der Waals surface area (Å²) in [6.45, 7) is -3.09. The van der Waals surface area contributed by atoms with E-state index in [-0.39, 0.29) is 0 Å². The smallest absolute Gasteiger partial charge is 0.397 e. The topological polar surface area (TPSA) is 731 Å². The predicted octanol–water partition coefficient (Wildman–Crippen LogP) is -17.1. The lowest BCUT2D eigenvalue weighted by Gasteiger charge is -2.53. The van der Waals surface area contributed by atoms with Gasteiger partial charge in [-0.1, -0.05) is 0 Å². The van der Waals surface area contributed by atoms with Crippen LogP contribution in [0.2, 0.25) is 0 Å². The van der Waals surface area contributed by atoms with E-state index in [0.29, 0.717) is 0 Å². The fraction of sp³-hybridized carbons (Fsp3) is 0.926. The van der Waals surface area contributed by atoms with Gasteiger partial charge >= 0.3 is 16.4 Å². The molecule has 8 fully saturated rings. The van der Waals surface area contributed by atoms with Gasteiger partial charge < -0.3 is 194 Å². The lowest BCUT2D eigenvalue weighted by atomic mass is 9.93. The van der Waals surface area contributed by atoms with Crippen LogP contribution in [-0.4, -0.2) is 429 Å². The Balaban J connectivity index is 1.21. The van der Waals surface area contributed by atoms with Gasteiger partial charge in [0.15, 0.2) is 56.4 Å². The van der Waals surface area contributed by atoms with Crippen LogP contribution in [0.15, 0.2) is 0 Å². The van der Waals surface area contributed by atoms with E-state index in [0.717, 1.165) is 27.7 Å². The first-order valence-corrected chi connectivity index (χ1v) is 33.0. The third kappa shape index (κ3) is 18.9. The minimum atomic E-state index is -5.23. The number of aliphatic hydroxyl groups is 20. The van der Waals surface area contributed by atoms with Gasteiger partial charge in [-0.15, -0.1) is 0 Å². The summed E-state index contributed by atoms with van der Waals surface area (Å²) in [5, 5.41) is 241. The maximum absolute atomic E-state index is 13.0. The predicted molar refractivity (Wildman–Crippen MR) is 309 cm³/mol. The number of carbonyl (C=O) groups excluding carboxylic acids is 3. The monoisotopic (exact) mass is 1520 g/mol. The molecule has 8 saturated heterocycles. The van der Waals surface area contributed by atoms with Gasteiger partial charge in [0.05, 0.1) is 45.7 Å². The van der Waals surface area contributed by atoms with Crippen LogP contribution in [0.4, 0.5) is 0 Å². The van der Waals surface area contributed by atoms with Gasteiger partial charge in [-0.25, -0.2) is 8.98 Å². The molecule has 590 valence electrons. The van der Waals surface area contributed by atoms with Crippen molar-refractivity contribution in [2.24, 2.45) is 0 Å². The Morgan fingerprint density at radius 3 is 1.32 bits per heavy atom. The molecule has 0 aromatic carbocycles. The van der Waals surface area contributed by atoms with Crippen LogP contribution in [0.3, 0.4) is 0 Å². The summed E-state index contributed by atoms with van der Waals surface area (Å²) in [5.74, 6) is -4.64. The standard InChI is InChI=1S/C54H89N3O44S/c1-11-24(65)31(72)35(76)50(88-11)101-45-44(100-53-38(79)42(27(68)16(6-59)91-53)98-52-36(77)32(73)33(74)43(99-52)46(80)81)40(96-51-37(78)34(75)39(17(7-60)92-51)95-49-22(56-13(3)63)30(71)25(66)15(5-58)90-49)18(8-61)93-54(45)97-41-23(57-14(4)64)47(82)89-19(28(41)69)9-86-48-21(55-12(2)62)29(70)26(67)20(94-48)10-87-102(83,84)85/h11,15-45,47-54,58-61,65-79,82H,5-10H2,1-4H3,(H,55,62)(H,56,63)(H,57,64)(H,80,81)(H,83,84,85)/t11-,15+,16+,17+,18+,19+,20+,21+,22+,23+,24+,25-,26+,27-,28-,29+,30+,31+,32-,33-,34+,35-,36+,37+,38-,39-,40-,41+,42-,43-,44-,45+,47?,48+,49+,50-,51-,52+,53-,54-/m0/s1. The van der Waals surface area contributed by atoms with Crippen LogP contribution in [0.25, 0.3) is 0 Å². The zero-order valence-electron chi connectivity index (χ0n) is 54.1. The molecule has 40 atom stereocenters. The molecule has 8 rings (SSSR count). The SMILES string of the molecule is CC(=O)N[C@H]1[C@@H](O[C@@H]2[C@H](O)[C@@H](O)[C@H](O[C@@H]3[C@H](O[C@@H]4O[C@H](CO)[C@H](O)[C@H](O[C@@H]5O[C@H](C(=O)O)[C@@H](O)[C@H](O)[C@H]5O)[C@@H]4O)[C@@H](O[C@@H]4O[C@@H](C)[C@@H](O)[C@@H](O)[C@@H]4O)[C@H](O[C@H]4[C@@H](O)[C@@H](CO[C@@H]5O[C@H](COS(=O)(=O)O)[C@@H](O)[C@H](O)[C@H]5NC(C)=O)OC(O)[C@@H]4NC(C)=O)O[C@@H]3CO)O[C@@H]2CO)O[C@H](CO)[C@H](O)[C@@H]1O. The lowest BCUT2D eigenvalue weighted by Crippen LogP contribution is -2.71. The molecule has 8 aliphatic rings. The number of carbonyl (C=O) groups is 4. The van der Waals surface area contributed by atoms with E-state index in [2.05, 4.69) is 20.1 Å². The molecular weight excluding hydrogens is 1430 g/mol. The van der Waals surface area contributed by atoms with Crippen molar-refractivity contribution in [2.45, 2.75) is 273 Å². The Labute approximate surface area is 576 Å². The summed E-state index contributed by atoms with van der Waals surface area (Å²) < 4.78 is 125. The molecule has 0 aliphatic carbocycles. The maximum Gasteiger partial charge on any atom is 0.397 e. The van der Waals surface area contributed by atoms with Crippen molar-refractivity contribution in [3.63, 3.8) is 0 Å². The molecule has 0 bridgehead atoms. The number of amides is 3. The molecule has 48 heteroatoms. The number of nitrogens with one attached hydrogen (secondary N) is 3. The molecule has 0 aromatic heterocycles. The molecule has 1 unspecified atom stereocenters. The number of carboxylic acid groups (broad SMARTS) is 1. The van der Waals surface area contributed by atoms with E-state index in [1.54, 1.807) is 0 Å². The Hall–Kier alpha value is -3.65. The maximum atomic E-state index is 13.0. The van der Waals surface area contributed by atoms with E-state index >= 15 is 0 Å². The summed E-state index contributed by atoms with van der Waals surface area (Å²) in [4.78, 5) is 49.8. The number of ether oxygens (including phenoxy) is 15. The number of aliphatic carboxylic acids is 1. The van der Waals surface area contributed by atoms with Crippen molar-refractivity contribution < 1.29 is 215 Å². The Morgan fingerprint density at radius 1 is 0.353 bits per heavy atom. The average Bonchev–Trinajstić information content (AvgIpc) is 0.751. The Bertz CT molecular complexity index is 2850. The highest BCUT2D eigenvalue weighted by molar-refractivity contribution is 7.80. The van der Waals surface area contributed by atoms with Crippen LogP contribution in [0, 0.1) is 0 Å². The third-order valence-electron chi connectivity index (χ3n) is 18.0. The molecule has 0 saturated carbocycles. The van der Waals surface area contributed by atoms with Crippen molar-refractivity contribution in [2.75, 3.05) is 39.6 Å². The number of hydrogen-bond acceptors (Lipinski definition) is 42. The van der Waals surface area contributed by atoms with Crippen LogP contribution < -0.4 is 16.0 Å². The van der Waals surface area contributed by atoms with Gasteiger partial charge in [0, 0.05) is 20.8 Å². The van der Waals surface area contributed by atoms with E-state index in [1.165, 1.54) is 0 Å². The third-order valence-corrected chi connectivity index (χ3v) is 18.4. The van der Waals surface area contributed by atoms with E-state index in [9.17, 15) is 139 Å². The van der Waals surface area contributed by atoms with Crippen molar-refractivity contribution in [1.82, 2.24) is 16.0 Å². The summed E-state index contributed by atoms with van der Waals surface area (Å²) in [6, 6.07) is -5.49. The largest absolute Gasteiger partial charge is 0.479 e. The fourth-order valence-electron chi connectivity index (χ4n) is 12.6. The number of rotatable bonds is 26. The highest BCUT2D eigenvalue weighted by Gasteiger charge is 2.61. The molecule has 8 aliphatic heterocycles. The lowest BCUT2D eigenvalue weighted by molar-refractivity contribution is -0.420. The zero-order chi connectivity index (χ0) is 75.6. The summed E-state index contributed by atoms with van der Waals surface area (Å²) >= 11 is 0. The highest BCUT2D eigenvalue weighted by atomic mass is 32.3. The minimum absolute atomic E-state index is 0.835. The van der Waals surface area contributed by atoms with Gasteiger partial charge in [0.1, 0.15) is 183 Å². The molecule has 102 heavy (non-hydrogen) atoms. The minimum Gasteiger partial charge on any atom is -0.479 e. The molecule has 0 radical (unpaired) electrons. The first-order valence-electron chi connectivity index (χ1n) is 31.6.